The van der Waals surface area contributed by atoms with Crippen molar-refractivity contribution < 1.29 is 15.3 Å². The maximum absolute atomic E-state index is 9.87. The molecule has 0 bridgehead atoms. The van der Waals surface area contributed by atoms with E-state index in [1.54, 1.807) is 30.3 Å². The highest BCUT2D eigenvalue weighted by Crippen LogP contribution is 2.31. The van der Waals surface area contributed by atoms with Gasteiger partial charge in [0, 0.05) is 0 Å². The summed E-state index contributed by atoms with van der Waals surface area (Å²) in [6.45, 7) is 0. The van der Waals surface area contributed by atoms with E-state index in [0.29, 0.717) is 12.8 Å². The molecular formula is C21H18O3. The van der Waals surface area contributed by atoms with Crippen LogP contribution in [0.15, 0.2) is 54.6 Å². The van der Waals surface area contributed by atoms with Crippen LogP contribution in [0.4, 0.5) is 0 Å². The second-order valence-corrected chi connectivity index (χ2v) is 6.39. The third kappa shape index (κ3) is 2.69. The Morgan fingerprint density at radius 3 is 1.08 bits per heavy atom. The molecule has 0 aliphatic heterocycles. The summed E-state index contributed by atoms with van der Waals surface area (Å²) >= 11 is 0. The molecule has 0 heterocycles. The molecule has 0 saturated carbocycles. The number of phenolic OH excluding ortho intramolecular Hbond substituents is 3. The van der Waals surface area contributed by atoms with Crippen LogP contribution in [0.1, 0.15) is 33.4 Å². The highest BCUT2D eigenvalue weighted by molar-refractivity contribution is 5.49. The van der Waals surface area contributed by atoms with Gasteiger partial charge in [-0.2, -0.15) is 0 Å². The van der Waals surface area contributed by atoms with Crippen molar-refractivity contribution in [2.75, 3.05) is 0 Å². The molecule has 1 aliphatic rings. The van der Waals surface area contributed by atoms with Gasteiger partial charge in [-0.1, -0.05) is 18.2 Å². The average molecular weight is 318 g/mol. The summed E-state index contributed by atoms with van der Waals surface area (Å²) in [6, 6.07) is 16.4. The van der Waals surface area contributed by atoms with E-state index in [-0.39, 0.29) is 17.2 Å². The van der Waals surface area contributed by atoms with Crippen LogP contribution in [0.2, 0.25) is 0 Å². The Balaban J connectivity index is 1.95. The Bertz CT molecular complexity index is 928. The normalized spacial score (nSPS) is 13.0. The maximum atomic E-state index is 9.87. The van der Waals surface area contributed by atoms with Gasteiger partial charge in [0.1, 0.15) is 17.2 Å². The number of phenols is 3. The molecule has 4 rings (SSSR count). The van der Waals surface area contributed by atoms with Crippen LogP contribution in [-0.2, 0) is 19.3 Å². The molecule has 0 radical (unpaired) electrons. The summed E-state index contributed by atoms with van der Waals surface area (Å²) in [5.41, 5.74) is 6.62. The van der Waals surface area contributed by atoms with Gasteiger partial charge < -0.3 is 15.3 Å². The predicted molar refractivity (Wildman–Crippen MR) is 92.7 cm³/mol. The highest BCUT2D eigenvalue weighted by Gasteiger charge is 2.16. The second kappa shape index (κ2) is 5.60. The van der Waals surface area contributed by atoms with Crippen molar-refractivity contribution in [2.45, 2.75) is 19.3 Å². The number of fused-ring (bicyclic) bond motifs is 3. The van der Waals surface area contributed by atoms with Crippen molar-refractivity contribution in [3.63, 3.8) is 0 Å². The van der Waals surface area contributed by atoms with Crippen LogP contribution in [-0.4, -0.2) is 15.3 Å². The summed E-state index contributed by atoms with van der Waals surface area (Å²) in [6.07, 6.45) is 2.12. The fourth-order valence-electron chi connectivity index (χ4n) is 3.46. The van der Waals surface area contributed by atoms with Gasteiger partial charge in [0.2, 0.25) is 0 Å². The molecule has 0 amide bonds. The Morgan fingerprint density at radius 1 is 0.417 bits per heavy atom. The third-order valence-electron chi connectivity index (χ3n) is 4.71. The lowest BCUT2D eigenvalue weighted by atomic mass is 9.95. The first-order chi connectivity index (χ1) is 11.6. The van der Waals surface area contributed by atoms with E-state index in [9.17, 15) is 15.3 Å². The standard InChI is InChI=1S/C21H18O3/c22-19-4-1-13-7-14-2-5-20(23)11-17(14)9-18-12-21(24)6-3-15(18)8-16(13)10-19/h1-6,10-12,22-24H,7-9H2. The SMILES string of the molecule is Oc1ccc2c(c1)Cc1ccc(O)cc1Cc1cc(O)ccc1C2. The Labute approximate surface area is 140 Å². The monoisotopic (exact) mass is 318 g/mol. The van der Waals surface area contributed by atoms with E-state index in [1.807, 2.05) is 24.3 Å². The molecule has 0 fully saturated rings. The molecule has 3 aromatic carbocycles. The molecule has 24 heavy (non-hydrogen) atoms. The van der Waals surface area contributed by atoms with Crippen LogP contribution < -0.4 is 0 Å². The molecule has 1 aliphatic carbocycles. The van der Waals surface area contributed by atoms with Crippen LogP contribution in [0.3, 0.4) is 0 Å². The smallest absolute Gasteiger partial charge is 0.115 e. The molecule has 3 aromatic rings. The van der Waals surface area contributed by atoms with Crippen molar-refractivity contribution in [2.24, 2.45) is 0 Å². The number of hydrogen-bond donors (Lipinski definition) is 3. The fraction of sp³-hybridized carbons (Fsp3) is 0.143. The minimum Gasteiger partial charge on any atom is -0.508 e. The van der Waals surface area contributed by atoms with Gasteiger partial charge in [0.15, 0.2) is 0 Å². The molecule has 120 valence electrons. The van der Waals surface area contributed by atoms with Crippen molar-refractivity contribution >= 4 is 0 Å². The van der Waals surface area contributed by atoms with Gasteiger partial charge in [-0.3, -0.25) is 0 Å². The second-order valence-electron chi connectivity index (χ2n) is 6.39. The zero-order valence-electron chi connectivity index (χ0n) is 13.2. The zero-order chi connectivity index (χ0) is 16.7. The lowest BCUT2D eigenvalue weighted by molar-refractivity contribution is 0.473. The van der Waals surface area contributed by atoms with Gasteiger partial charge in [-0.25, -0.2) is 0 Å². The van der Waals surface area contributed by atoms with Crippen molar-refractivity contribution in [3.05, 3.63) is 88.0 Å². The quantitative estimate of drug-likeness (QED) is 0.461. The summed E-state index contributed by atoms with van der Waals surface area (Å²) in [4.78, 5) is 0. The van der Waals surface area contributed by atoms with Crippen molar-refractivity contribution in [3.8, 4) is 17.2 Å². The lowest BCUT2D eigenvalue weighted by Gasteiger charge is -2.11. The number of aromatic hydroxyl groups is 3. The Morgan fingerprint density at radius 2 is 0.708 bits per heavy atom. The largest absolute Gasteiger partial charge is 0.508 e. The van der Waals surface area contributed by atoms with Crippen LogP contribution in [0, 0.1) is 0 Å². The third-order valence-corrected chi connectivity index (χ3v) is 4.71. The fourth-order valence-corrected chi connectivity index (χ4v) is 3.46. The molecule has 3 N–H and O–H groups in total. The van der Waals surface area contributed by atoms with E-state index in [4.69, 9.17) is 0 Å². The van der Waals surface area contributed by atoms with E-state index in [1.165, 1.54) is 5.56 Å². The Kier molecular flexibility index (Phi) is 3.42. The maximum Gasteiger partial charge on any atom is 0.115 e. The molecule has 0 aromatic heterocycles. The minimum absolute atomic E-state index is 0.242. The number of rotatable bonds is 0. The summed E-state index contributed by atoms with van der Waals surface area (Å²) in [5, 5.41) is 29.6. The van der Waals surface area contributed by atoms with Crippen molar-refractivity contribution in [1.29, 1.82) is 0 Å². The van der Waals surface area contributed by atoms with Crippen LogP contribution in [0.25, 0.3) is 0 Å². The van der Waals surface area contributed by atoms with Gasteiger partial charge in [0.25, 0.3) is 0 Å². The first-order valence-corrected chi connectivity index (χ1v) is 8.01. The van der Waals surface area contributed by atoms with Gasteiger partial charge in [-0.15, -0.1) is 0 Å². The number of hydrogen-bond acceptors (Lipinski definition) is 3. The van der Waals surface area contributed by atoms with E-state index >= 15 is 0 Å². The van der Waals surface area contributed by atoms with Crippen LogP contribution in [0.5, 0.6) is 17.2 Å². The molecule has 0 unspecified atom stereocenters. The van der Waals surface area contributed by atoms with E-state index < -0.39 is 0 Å². The zero-order valence-corrected chi connectivity index (χ0v) is 13.2. The van der Waals surface area contributed by atoms with Gasteiger partial charge in [-0.05, 0) is 89.0 Å². The topological polar surface area (TPSA) is 60.7 Å². The summed E-state index contributed by atoms with van der Waals surface area (Å²) in [5.74, 6) is 0.755. The first kappa shape index (κ1) is 14.6. The molecule has 3 heteroatoms. The van der Waals surface area contributed by atoms with Crippen molar-refractivity contribution in [1.82, 2.24) is 0 Å². The minimum atomic E-state index is 0.242. The molecule has 0 saturated heterocycles. The highest BCUT2D eigenvalue weighted by atomic mass is 16.3. The molecular weight excluding hydrogens is 300 g/mol. The van der Waals surface area contributed by atoms with Gasteiger partial charge >= 0.3 is 0 Å². The molecule has 0 atom stereocenters. The number of benzene rings is 3. The lowest BCUT2D eigenvalue weighted by Crippen LogP contribution is -1.97. The predicted octanol–water partition coefficient (Wildman–Crippen LogP) is 3.89. The van der Waals surface area contributed by atoms with Crippen LogP contribution >= 0.6 is 0 Å². The molecule has 3 nitrogen and oxygen atoms in total. The summed E-state index contributed by atoms with van der Waals surface area (Å²) < 4.78 is 0. The average Bonchev–Trinajstić information content (AvgIpc) is 2.60. The first-order valence-electron chi connectivity index (χ1n) is 8.01. The van der Waals surface area contributed by atoms with Gasteiger partial charge in [0.05, 0.1) is 0 Å². The van der Waals surface area contributed by atoms with E-state index in [2.05, 4.69) is 0 Å². The van der Waals surface area contributed by atoms with E-state index in [0.717, 1.165) is 34.2 Å². The molecule has 0 spiro atoms. The summed E-state index contributed by atoms with van der Waals surface area (Å²) in [7, 11) is 0. The Hall–Kier alpha value is -2.94.